The number of carbonyl (C=O) groups is 2. The smallest absolute Gasteiger partial charge is 0.423 e. The van der Waals surface area contributed by atoms with Crippen molar-refractivity contribution in [1.82, 2.24) is 15.5 Å². The Hall–Kier alpha value is -2.16. The number of hydrogen-bond donors (Lipinski definition) is 3. The summed E-state index contributed by atoms with van der Waals surface area (Å²) in [5.74, 6) is -0.224. The lowest BCUT2D eigenvalue weighted by Gasteiger charge is -2.24. The molecule has 2 amide bonds. The highest BCUT2D eigenvalue weighted by molar-refractivity contribution is 6.61. The zero-order valence-electron chi connectivity index (χ0n) is 17.4. The van der Waals surface area contributed by atoms with E-state index >= 15 is 0 Å². The van der Waals surface area contributed by atoms with E-state index in [-0.39, 0.29) is 24.4 Å². The van der Waals surface area contributed by atoms with Crippen molar-refractivity contribution in [2.45, 2.75) is 45.3 Å². The van der Waals surface area contributed by atoms with Crippen LogP contribution in [0, 0.1) is 0 Å². The number of nitrogens with one attached hydrogen (secondary N) is 2. The highest BCUT2D eigenvalue weighted by Crippen LogP contribution is 2.11. The second kappa shape index (κ2) is 11.8. The zero-order valence-corrected chi connectivity index (χ0v) is 17.4. The van der Waals surface area contributed by atoms with Crippen LogP contribution in [0.15, 0.2) is 30.9 Å². The summed E-state index contributed by atoms with van der Waals surface area (Å²) in [7, 11) is 0.895. The predicted molar refractivity (Wildman–Crippen MR) is 115 cm³/mol. The summed E-state index contributed by atoms with van der Waals surface area (Å²) in [6.07, 6.45) is 6.08. The van der Waals surface area contributed by atoms with E-state index in [0.717, 1.165) is 31.2 Å². The molecule has 3 N–H and O–H groups in total. The molecule has 1 aliphatic rings. The quantitative estimate of drug-likeness (QED) is 0.274. The molecule has 1 aromatic carbocycles. The van der Waals surface area contributed by atoms with E-state index < -0.39 is 7.12 Å². The van der Waals surface area contributed by atoms with Gasteiger partial charge in [-0.05, 0) is 56.4 Å². The molecule has 2 rings (SSSR count). The fourth-order valence-electron chi connectivity index (χ4n) is 3.11. The van der Waals surface area contributed by atoms with Crippen LogP contribution in [0.4, 0.5) is 0 Å². The van der Waals surface area contributed by atoms with Gasteiger partial charge in [-0.15, -0.1) is 6.58 Å². The second-order valence-electron chi connectivity index (χ2n) is 7.54. The van der Waals surface area contributed by atoms with Crippen molar-refractivity contribution in [3.63, 3.8) is 0 Å². The maximum absolute atomic E-state index is 12.4. The van der Waals surface area contributed by atoms with Crippen LogP contribution in [0.2, 0.25) is 0 Å². The number of allylic oxidation sites excluding steroid dienone is 1. The van der Waals surface area contributed by atoms with Gasteiger partial charge in [0.05, 0.1) is 13.2 Å². The summed E-state index contributed by atoms with van der Waals surface area (Å²) in [6, 6.07) is 5.20. The van der Waals surface area contributed by atoms with Gasteiger partial charge in [-0.1, -0.05) is 18.6 Å². The van der Waals surface area contributed by atoms with Crippen LogP contribution in [-0.2, 0) is 16.1 Å². The normalized spacial score (nSPS) is 13.9. The Morgan fingerprint density at radius 1 is 1.34 bits per heavy atom. The van der Waals surface area contributed by atoms with Gasteiger partial charge >= 0.3 is 7.12 Å². The predicted octanol–water partition coefficient (Wildman–Crippen LogP) is 0.817. The fourth-order valence-corrected chi connectivity index (χ4v) is 3.11. The van der Waals surface area contributed by atoms with Crippen molar-refractivity contribution in [3.8, 4) is 0 Å². The Kier molecular flexibility index (Phi) is 9.37. The number of nitrogens with zero attached hydrogens (tertiary/aromatic N) is 1. The number of rotatable bonds is 12. The van der Waals surface area contributed by atoms with Crippen molar-refractivity contribution in [1.29, 1.82) is 0 Å². The van der Waals surface area contributed by atoms with E-state index in [2.05, 4.69) is 17.2 Å². The van der Waals surface area contributed by atoms with E-state index in [1.165, 1.54) is 0 Å². The van der Waals surface area contributed by atoms with Gasteiger partial charge in [0.2, 0.25) is 5.91 Å². The minimum atomic E-state index is -0.969. The van der Waals surface area contributed by atoms with Crippen molar-refractivity contribution >= 4 is 24.4 Å². The monoisotopic (exact) mass is 401 g/mol. The molecule has 0 radical (unpaired) electrons. The minimum absolute atomic E-state index is 0.000595. The van der Waals surface area contributed by atoms with Crippen molar-refractivity contribution in [2.24, 2.45) is 0 Å². The Balaban J connectivity index is 1.69. The third-order valence-corrected chi connectivity index (χ3v) is 5.18. The molecule has 1 aromatic rings. The first-order valence-electron chi connectivity index (χ1n) is 10.2. The molecule has 158 valence electrons. The first kappa shape index (κ1) is 23.1. The SMILES string of the molecule is C=CCCCCCNC(=O)CN(C)C(C)CNC(=O)c1ccc2c(c1)B(O)OC2. The van der Waals surface area contributed by atoms with Crippen LogP contribution in [0.3, 0.4) is 0 Å². The molecule has 0 saturated carbocycles. The molecule has 1 aliphatic heterocycles. The van der Waals surface area contributed by atoms with Crippen LogP contribution in [0.1, 0.15) is 48.5 Å². The first-order chi connectivity index (χ1) is 13.9. The largest absolute Gasteiger partial charge is 0.491 e. The maximum Gasteiger partial charge on any atom is 0.491 e. The minimum Gasteiger partial charge on any atom is -0.423 e. The van der Waals surface area contributed by atoms with Gasteiger partial charge in [0, 0.05) is 24.7 Å². The van der Waals surface area contributed by atoms with Crippen LogP contribution in [-0.4, -0.2) is 61.6 Å². The second-order valence-corrected chi connectivity index (χ2v) is 7.54. The number of likely N-dealkylation sites (N-methyl/N-ethyl adjacent to an activating group) is 1. The van der Waals surface area contributed by atoms with Crippen molar-refractivity contribution in [3.05, 3.63) is 42.0 Å². The lowest BCUT2D eigenvalue weighted by Crippen LogP contribution is -2.44. The fraction of sp³-hybridized carbons (Fsp3) is 0.524. The van der Waals surface area contributed by atoms with Gasteiger partial charge in [0.15, 0.2) is 0 Å². The summed E-state index contributed by atoms with van der Waals surface area (Å²) in [6.45, 7) is 7.40. The summed E-state index contributed by atoms with van der Waals surface area (Å²) < 4.78 is 5.15. The van der Waals surface area contributed by atoms with Gasteiger partial charge in [0.25, 0.3) is 5.91 Å². The Bertz CT molecular complexity index is 713. The van der Waals surface area contributed by atoms with Gasteiger partial charge in [-0.25, -0.2) is 0 Å². The van der Waals surface area contributed by atoms with E-state index in [1.807, 2.05) is 24.9 Å². The van der Waals surface area contributed by atoms with Gasteiger partial charge in [-0.2, -0.15) is 0 Å². The molecule has 8 heteroatoms. The number of carbonyl (C=O) groups excluding carboxylic acids is 2. The van der Waals surface area contributed by atoms with Crippen LogP contribution >= 0.6 is 0 Å². The van der Waals surface area contributed by atoms with Gasteiger partial charge < -0.3 is 20.3 Å². The molecule has 1 unspecified atom stereocenters. The third-order valence-electron chi connectivity index (χ3n) is 5.18. The number of benzene rings is 1. The zero-order chi connectivity index (χ0) is 21.2. The molecule has 29 heavy (non-hydrogen) atoms. The number of fused-ring (bicyclic) bond motifs is 1. The van der Waals surface area contributed by atoms with Crippen LogP contribution in [0.25, 0.3) is 0 Å². The molecular formula is C21H32BN3O4. The molecule has 0 bridgehead atoms. The average molecular weight is 401 g/mol. The van der Waals surface area contributed by atoms with E-state index in [1.54, 1.807) is 18.2 Å². The standard InChI is InChI=1S/C21H32BN3O4/c1-4-5-6-7-8-11-23-20(26)14-25(3)16(2)13-24-21(27)17-9-10-18-15-29-22(28)19(18)12-17/h4,9-10,12,16,28H,1,5-8,11,13-15H2,2-3H3,(H,23,26)(H,24,27). The molecular weight excluding hydrogens is 369 g/mol. The lowest BCUT2D eigenvalue weighted by molar-refractivity contribution is -0.122. The molecule has 0 aliphatic carbocycles. The molecule has 0 fully saturated rings. The molecule has 0 aromatic heterocycles. The molecule has 0 saturated heterocycles. The summed E-state index contributed by atoms with van der Waals surface area (Å²) in [5, 5.41) is 15.6. The van der Waals surface area contributed by atoms with Gasteiger partial charge in [0.1, 0.15) is 0 Å². The van der Waals surface area contributed by atoms with E-state index in [9.17, 15) is 14.6 Å². The van der Waals surface area contributed by atoms with Crippen molar-refractivity contribution < 1.29 is 19.3 Å². The van der Waals surface area contributed by atoms with Crippen molar-refractivity contribution in [2.75, 3.05) is 26.7 Å². The summed E-state index contributed by atoms with van der Waals surface area (Å²) >= 11 is 0. The lowest BCUT2D eigenvalue weighted by atomic mass is 9.79. The summed E-state index contributed by atoms with van der Waals surface area (Å²) in [5.41, 5.74) is 2.02. The van der Waals surface area contributed by atoms with E-state index in [0.29, 0.717) is 30.7 Å². The Morgan fingerprint density at radius 3 is 2.90 bits per heavy atom. The number of hydrogen-bond acceptors (Lipinski definition) is 5. The average Bonchev–Trinajstić information content (AvgIpc) is 3.08. The topological polar surface area (TPSA) is 90.9 Å². The third kappa shape index (κ3) is 7.31. The molecule has 1 heterocycles. The van der Waals surface area contributed by atoms with Crippen LogP contribution in [0.5, 0.6) is 0 Å². The molecule has 1 atom stereocenters. The number of amides is 2. The molecule has 0 spiro atoms. The maximum atomic E-state index is 12.4. The van der Waals surface area contributed by atoms with Crippen LogP contribution < -0.4 is 16.1 Å². The van der Waals surface area contributed by atoms with E-state index in [4.69, 9.17) is 4.65 Å². The highest BCUT2D eigenvalue weighted by Gasteiger charge is 2.28. The first-order valence-corrected chi connectivity index (χ1v) is 10.2. The molecule has 7 nitrogen and oxygen atoms in total. The summed E-state index contributed by atoms with van der Waals surface area (Å²) in [4.78, 5) is 26.4. The highest BCUT2D eigenvalue weighted by atomic mass is 16.5. The number of unbranched alkanes of at least 4 members (excludes halogenated alkanes) is 3. The van der Waals surface area contributed by atoms with Gasteiger partial charge in [-0.3, -0.25) is 14.5 Å². The Labute approximate surface area is 173 Å². The Morgan fingerprint density at radius 2 is 2.14 bits per heavy atom.